The molecular weight excluding hydrogens is 775 g/mol. The molecule has 0 bridgehead atoms. The van der Waals surface area contributed by atoms with Crippen LogP contribution in [0.15, 0.2) is 155 Å². The van der Waals surface area contributed by atoms with E-state index in [0.29, 0.717) is 9.54 Å². The molecule has 9 unspecified atom stereocenters. The molecule has 0 nitrogen and oxygen atoms in total. The monoisotopic (exact) mass is 832 g/mol. The van der Waals surface area contributed by atoms with E-state index in [1.54, 1.807) is 8.85 Å². The maximum absolute atomic E-state index is 2.93. The number of benzene rings is 2. The molecule has 2 saturated carbocycles. The zero-order valence-electron chi connectivity index (χ0n) is 34.2. The molecule has 8 rings (SSSR count). The zero-order valence-corrected chi connectivity index (χ0v) is 38.2. The van der Waals surface area contributed by atoms with Crippen molar-refractivity contribution in [3.05, 3.63) is 166 Å². The molecule has 0 heterocycles. The largest absolute Gasteiger partial charge is 1.00 e. The average molecular weight is 835 g/mol. The van der Waals surface area contributed by atoms with Crippen LogP contribution in [0.2, 0.25) is 3.63 Å². The molecule has 0 amide bonds. The van der Waals surface area contributed by atoms with Crippen LogP contribution in [-0.4, -0.2) is 3.21 Å². The van der Waals surface area contributed by atoms with Gasteiger partial charge >= 0.3 is 325 Å². The Morgan fingerprint density at radius 3 is 1.78 bits per heavy atom. The SMILES string of the molecule is CC1=CC=CC2[CH](/[Zr+2]([C]3=CC=CC3)=[C](/Cc3ccccc3)C(C)(C)c3ccccc3)C3(C)C4(C)C=CC=CC4(C)C4(C)C=CC=CC4(C)C3(C)C12C.[Cl-].[Cl-]. The predicted octanol–water partition coefficient (Wildman–Crippen LogP) is 7.09. The second kappa shape index (κ2) is 13.7. The van der Waals surface area contributed by atoms with E-state index in [1.807, 2.05) is 3.21 Å². The first-order chi connectivity index (χ1) is 24.6. The fraction of sp³-hybridized carbons (Fsp3) is 0.431. The number of halogens is 2. The molecule has 3 heteroatoms. The Morgan fingerprint density at radius 1 is 0.667 bits per heavy atom. The molecular formula is C51H60Cl2Zr. The molecule has 0 aromatic heterocycles. The zero-order chi connectivity index (χ0) is 37.0. The quantitative estimate of drug-likeness (QED) is 0.292. The molecule has 0 radical (unpaired) electrons. The van der Waals surface area contributed by atoms with Gasteiger partial charge in [0.25, 0.3) is 0 Å². The van der Waals surface area contributed by atoms with Crippen LogP contribution in [0, 0.1) is 43.8 Å². The summed E-state index contributed by atoms with van der Waals surface area (Å²) in [5.74, 6) is 0.430. The van der Waals surface area contributed by atoms with E-state index < -0.39 is 21.3 Å². The Kier molecular flexibility index (Phi) is 10.5. The van der Waals surface area contributed by atoms with Gasteiger partial charge in [-0.05, 0) is 0 Å². The summed E-state index contributed by atoms with van der Waals surface area (Å²) < 4.78 is 4.16. The molecule has 9 atom stereocenters. The van der Waals surface area contributed by atoms with E-state index in [9.17, 15) is 0 Å². The van der Waals surface area contributed by atoms with Crippen molar-refractivity contribution >= 4 is 3.21 Å². The van der Waals surface area contributed by atoms with Crippen molar-refractivity contribution in [2.24, 2.45) is 43.8 Å². The summed E-state index contributed by atoms with van der Waals surface area (Å²) >= 11 is -2.93. The number of hydrogen-bond donors (Lipinski definition) is 0. The molecule has 54 heavy (non-hydrogen) atoms. The van der Waals surface area contributed by atoms with Gasteiger partial charge in [-0.2, -0.15) is 0 Å². The number of allylic oxidation sites excluding steroid dienone is 16. The standard InChI is InChI=1S/C29H37.C17H18.C5H5.2ClH.Zr/c1-21-14-13-15-22-20-27(6)25(4)18-10-9-16-23(25,2)24(3)17-11-12-19-26(24,5)29(27,8)28(21,22)7;1-17(2,16-11-7-4-8-12-16)14-13-15-9-5-3-6-10-15;1-2-4-5-3-1;;;/h9-20,22H,1-8H3;3-12H,13H2,1-2H3;1-3H,4H2;2*1H;/q;;;;;+2/p-2. The molecule has 2 fully saturated rings. The summed E-state index contributed by atoms with van der Waals surface area (Å²) in [5, 5.41) is 0. The van der Waals surface area contributed by atoms with E-state index in [-0.39, 0.29) is 68.1 Å². The summed E-state index contributed by atoms with van der Waals surface area (Å²) in [6.07, 6.45) is 37.5. The normalized spacial score (nSPS) is 39.6. The molecule has 6 aliphatic carbocycles. The van der Waals surface area contributed by atoms with Crippen molar-refractivity contribution in [3.8, 4) is 0 Å². The minimum absolute atomic E-state index is 0. The maximum atomic E-state index is 2.83. The summed E-state index contributed by atoms with van der Waals surface area (Å²) in [6, 6.07) is 23.0. The van der Waals surface area contributed by atoms with Gasteiger partial charge in [0.15, 0.2) is 0 Å². The Labute approximate surface area is 347 Å². The number of hydrogen-bond acceptors (Lipinski definition) is 0. The summed E-state index contributed by atoms with van der Waals surface area (Å²) in [7, 11) is 0. The van der Waals surface area contributed by atoms with E-state index in [4.69, 9.17) is 0 Å². The van der Waals surface area contributed by atoms with Crippen LogP contribution in [0.3, 0.4) is 0 Å². The van der Waals surface area contributed by atoms with Crippen LogP contribution in [-0.2, 0) is 33.1 Å². The van der Waals surface area contributed by atoms with E-state index in [1.165, 1.54) is 11.1 Å². The van der Waals surface area contributed by atoms with E-state index in [0.717, 1.165) is 12.8 Å². The number of fused-ring (bicyclic) bond motifs is 8. The third kappa shape index (κ3) is 4.74. The molecule has 0 N–H and O–H groups in total. The fourth-order valence-corrected chi connectivity index (χ4v) is 26.1. The van der Waals surface area contributed by atoms with Gasteiger partial charge in [0.2, 0.25) is 0 Å². The first-order valence-corrected chi connectivity index (χ1v) is 23.8. The second-order valence-electron chi connectivity index (χ2n) is 18.9. The van der Waals surface area contributed by atoms with Crippen LogP contribution in [0.25, 0.3) is 0 Å². The molecule has 6 aliphatic rings. The van der Waals surface area contributed by atoms with Crippen LogP contribution in [0.5, 0.6) is 0 Å². The molecule has 0 aliphatic heterocycles. The van der Waals surface area contributed by atoms with Crippen molar-refractivity contribution in [1.29, 1.82) is 0 Å². The van der Waals surface area contributed by atoms with Gasteiger partial charge in [-0.15, -0.1) is 0 Å². The van der Waals surface area contributed by atoms with Gasteiger partial charge in [0.05, 0.1) is 0 Å². The molecule has 282 valence electrons. The van der Waals surface area contributed by atoms with Crippen molar-refractivity contribution < 1.29 is 46.1 Å². The Morgan fingerprint density at radius 2 is 1.20 bits per heavy atom. The minimum Gasteiger partial charge on any atom is -1.00 e. The molecule has 2 aromatic rings. The molecule has 0 saturated heterocycles. The topological polar surface area (TPSA) is 0 Å². The third-order valence-corrected chi connectivity index (χ3v) is 27.7. The van der Waals surface area contributed by atoms with Gasteiger partial charge in [0, 0.05) is 0 Å². The average Bonchev–Trinajstić information content (AvgIpc) is 3.73. The summed E-state index contributed by atoms with van der Waals surface area (Å²) in [5.41, 5.74) is 3.78. The Bertz CT molecular complexity index is 2090. The molecule has 0 spiro atoms. The molecule has 2 aromatic carbocycles. The number of rotatable bonds is 6. The van der Waals surface area contributed by atoms with Gasteiger partial charge in [0.1, 0.15) is 0 Å². The second-order valence-corrected chi connectivity index (χ2v) is 25.5. The van der Waals surface area contributed by atoms with Crippen LogP contribution < -0.4 is 24.8 Å². The van der Waals surface area contributed by atoms with Crippen LogP contribution in [0.4, 0.5) is 0 Å². The van der Waals surface area contributed by atoms with Gasteiger partial charge in [-0.3, -0.25) is 0 Å². The van der Waals surface area contributed by atoms with Gasteiger partial charge in [-0.1, -0.05) is 0 Å². The van der Waals surface area contributed by atoms with E-state index >= 15 is 0 Å². The summed E-state index contributed by atoms with van der Waals surface area (Å²) in [6.45, 7) is 26.6. The van der Waals surface area contributed by atoms with Crippen molar-refractivity contribution in [2.45, 2.75) is 91.1 Å². The Hall–Kier alpha value is -2.31. The van der Waals surface area contributed by atoms with Crippen molar-refractivity contribution in [2.75, 3.05) is 0 Å². The smallest absolute Gasteiger partial charge is 1.00 e. The van der Waals surface area contributed by atoms with Crippen molar-refractivity contribution in [3.63, 3.8) is 0 Å². The van der Waals surface area contributed by atoms with Gasteiger partial charge in [-0.25, -0.2) is 0 Å². The van der Waals surface area contributed by atoms with Gasteiger partial charge < -0.3 is 24.8 Å². The third-order valence-electron chi connectivity index (χ3n) is 17.7. The first-order valence-electron chi connectivity index (χ1n) is 19.9. The summed E-state index contributed by atoms with van der Waals surface area (Å²) in [4.78, 5) is 0. The Balaban J connectivity index is 0.00000249. The first kappa shape index (κ1) is 41.3. The van der Waals surface area contributed by atoms with E-state index in [2.05, 4.69) is 215 Å². The maximum Gasteiger partial charge on any atom is -1.00 e. The van der Waals surface area contributed by atoms with Crippen LogP contribution in [0.1, 0.15) is 86.8 Å². The fourth-order valence-electron chi connectivity index (χ4n) is 13.9. The van der Waals surface area contributed by atoms with Crippen LogP contribution >= 0.6 is 0 Å². The minimum atomic E-state index is -2.93. The predicted molar refractivity (Wildman–Crippen MR) is 220 cm³/mol. The van der Waals surface area contributed by atoms with Crippen molar-refractivity contribution in [1.82, 2.24) is 0 Å².